The minimum absolute atomic E-state index is 0.0476. The predicted octanol–water partition coefficient (Wildman–Crippen LogP) is 1.95. The van der Waals surface area contributed by atoms with Crippen molar-refractivity contribution in [1.29, 1.82) is 0 Å². The van der Waals surface area contributed by atoms with Gasteiger partial charge >= 0.3 is 11.9 Å². The molecule has 0 aliphatic carbocycles. The summed E-state index contributed by atoms with van der Waals surface area (Å²) in [6.45, 7) is 0. The van der Waals surface area contributed by atoms with Gasteiger partial charge in [-0.3, -0.25) is 0 Å². The third kappa shape index (κ3) is 2.81. The fraction of sp³-hybridized carbons (Fsp3) is 0.0714. The SMILES string of the molecule is COC(=O)c1cc(-c2cnc(N)cc2C(=O)O)ccc1F. The average Bonchev–Trinajstić information content (AvgIpc) is 2.47. The number of carboxylic acid groups (broad SMARTS) is 1. The Balaban J connectivity index is 2.63. The van der Waals surface area contributed by atoms with Gasteiger partial charge in [0.15, 0.2) is 0 Å². The van der Waals surface area contributed by atoms with Gasteiger partial charge in [0.2, 0.25) is 0 Å². The molecule has 1 aromatic heterocycles. The summed E-state index contributed by atoms with van der Waals surface area (Å²) in [5.74, 6) is -2.77. The molecule has 0 spiro atoms. The number of methoxy groups -OCH3 is 1. The smallest absolute Gasteiger partial charge is 0.340 e. The van der Waals surface area contributed by atoms with E-state index < -0.39 is 17.8 Å². The first kappa shape index (κ1) is 14.4. The van der Waals surface area contributed by atoms with Crippen LogP contribution in [-0.4, -0.2) is 29.1 Å². The van der Waals surface area contributed by atoms with Gasteiger partial charge in [0.1, 0.15) is 11.6 Å². The molecule has 0 saturated carbocycles. The van der Waals surface area contributed by atoms with Crippen LogP contribution in [0.3, 0.4) is 0 Å². The number of rotatable bonds is 3. The lowest BCUT2D eigenvalue weighted by molar-refractivity contribution is 0.0594. The van der Waals surface area contributed by atoms with Gasteiger partial charge in [-0.25, -0.2) is 19.0 Å². The topological polar surface area (TPSA) is 103 Å². The number of esters is 1. The molecule has 0 amide bonds. The van der Waals surface area contributed by atoms with E-state index in [-0.39, 0.29) is 22.5 Å². The number of benzene rings is 1. The van der Waals surface area contributed by atoms with Gasteiger partial charge < -0.3 is 15.6 Å². The number of ether oxygens (including phenoxy) is 1. The molecule has 3 N–H and O–H groups in total. The molecule has 2 aromatic rings. The Kier molecular flexibility index (Phi) is 3.84. The molecule has 0 aliphatic heterocycles. The van der Waals surface area contributed by atoms with Gasteiger partial charge in [-0.05, 0) is 23.8 Å². The first-order valence-electron chi connectivity index (χ1n) is 5.81. The minimum Gasteiger partial charge on any atom is -0.478 e. The Morgan fingerprint density at radius 3 is 2.62 bits per heavy atom. The molecular weight excluding hydrogens is 279 g/mol. The first-order valence-corrected chi connectivity index (χ1v) is 5.81. The van der Waals surface area contributed by atoms with Crippen molar-refractivity contribution in [3.8, 4) is 11.1 Å². The lowest BCUT2D eigenvalue weighted by Crippen LogP contribution is -2.06. The summed E-state index contributed by atoms with van der Waals surface area (Å²) < 4.78 is 18.1. The highest BCUT2D eigenvalue weighted by Crippen LogP contribution is 2.26. The first-order chi connectivity index (χ1) is 9.93. The Labute approximate surface area is 119 Å². The number of hydrogen-bond donors (Lipinski definition) is 2. The number of nitrogen functional groups attached to an aromatic ring is 1. The van der Waals surface area contributed by atoms with Crippen LogP contribution in [0.4, 0.5) is 10.2 Å². The maximum absolute atomic E-state index is 13.6. The van der Waals surface area contributed by atoms with E-state index in [9.17, 15) is 19.1 Å². The normalized spacial score (nSPS) is 10.2. The molecule has 21 heavy (non-hydrogen) atoms. The number of aromatic nitrogens is 1. The van der Waals surface area contributed by atoms with Crippen LogP contribution in [0.2, 0.25) is 0 Å². The second kappa shape index (κ2) is 5.58. The van der Waals surface area contributed by atoms with Crippen molar-refractivity contribution >= 4 is 17.8 Å². The van der Waals surface area contributed by atoms with Crippen LogP contribution in [0.5, 0.6) is 0 Å². The van der Waals surface area contributed by atoms with Crippen molar-refractivity contribution in [2.75, 3.05) is 12.8 Å². The summed E-state index contributed by atoms with van der Waals surface area (Å²) in [4.78, 5) is 26.5. The van der Waals surface area contributed by atoms with Crippen LogP contribution in [0.15, 0.2) is 30.5 Å². The van der Waals surface area contributed by atoms with Crippen LogP contribution in [0.1, 0.15) is 20.7 Å². The van der Waals surface area contributed by atoms with Gasteiger partial charge in [0, 0.05) is 11.8 Å². The number of carbonyl (C=O) groups excluding carboxylic acids is 1. The standard InChI is InChI=1S/C14H11FN2O4/c1-21-14(20)9-4-7(2-3-11(9)15)10-6-17-12(16)5-8(10)13(18)19/h2-6H,1H3,(H2,16,17)(H,18,19). The number of aromatic carboxylic acids is 1. The monoisotopic (exact) mass is 290 g/mol. The van der Waals surface area contributed by atoms with Crippen molar-refractivity contribution in [1.82, 2.24) is 4.98 Å². The lowest BCUT2D eigenvalue weighted by atomic mass is 9.99. The van der Waals surface area contributed by atoms with Crippen molar-refractivity contribution in [3.05, 3.63) is 47.4 Å². The number of hydrogen-bond acceptors (Lipinski definition) is 5. The minimum atomic E-state index is -1.21. The second-order valence-corrected chi connectivity index (χ2v) is 4.15. The molecule has 2 rings (SSSR count). The Hall–Kier alpha value is -2.96. The number of anilines is 1. The Morgan fingerprint density at radius 2 is 2.00 bits per heavy atom. The molecule has 1 aromatic carbocycles. The molecule has 0 fully saturated rings. The van der Waals surface area contributed by atoms with E-state index in [4.69, 9.17) is 5.73 Å². The van der Waals surface area contributed by atoms with Gasteiger partial charge in [0.25, 0.3) is 0 Å². The highest BCUT2D eigenvalue weighted by atomic mass is 19.1. The van der Waals surface area contributed by atoms with E-state index in [0.29, 0.717) is 5.56 Å². The molecule has 0 bridgehead atoms. The fourth-order valence-electron chi connectivity index (χ4n) is 1.84. The molecular formula is C14H11FN2O4. The van der Waals surface area contributed by atoms with Gasteiger partial charge in [-0.1, -0.05) is 6.07 Å². The van der Waals surface area contributed by atoms with E-state index in [1.54, 1.807) is 0 Å². The predicted molar refractivity (Wildman–Crippen MR) is 72.3 cm³/mol. The average molecular weight is 290 g/mol. The number of halogens is 1. The Bertz CT molecular complexity index is 731. The molecule has 108 valence electrons. The summed E-state index contributed by atoms with van der Waals surface area (Å²) >= 11 is 0. The van der Waals surface area contributed by atoms with Crippen molar-refractivity contribution in [2.24, 2.45) is 0 Å². The van der Waals surface area contributed by atoms with E-state index in [1.165, 1.54) is 24.4 Å². The van der Waals surface area contributed by atoms with Crippen LogP contribution < -0.4 is 5.73 Å². The number of nitrogens with two attached hydrogens (primary N) is 1. The zero-order chi connectivity index (χ0) is 15.6. The summed E-state index contributed by atoms with van der Waals surface area (Å²) in [5, 5.41) is 9.18. The number of carbonyl (C=O) groups is 2. The highest BCUT2D eigenvalue weighted by Gasteiger charge is 2.17. The number of pyridine rings is 1. The highest BCUT2D eigenvalue weighted by molar-refractivity contribution is 5.98. The fourth-order valence-corrected chi connectivity index (χ4v) is 1.84. The van der Waals surface area contributed by atoms with Gasteiger partial charge in [-0.15, -0.1) is 0 Å². The van der Waals surface area contributed by atoms with Gasteiger partial charge in [-0.2, -0.15) is 0 Å². The largest absolute Gasteiger partial charge is 0.478 e. The zero-order valence-corrected chi connectivity index (χ0v) is 11.0. The van der Waals surface area contributed by atoms with Crippen LogP contribution >= 0.6 is 0 Å². The molecule has 1 heterocycles. The van der Waals surface area contributed by atoms with Crippen molar-refractivity contribution in [2.45, 2.75) is 0 Å². The van der Waals surface area contributed by atoms with Crippen molar-refractivity contribution < 1.29 is 23.8 Å². The molecule has 0 saturated heterocycles. The molecule has 0 unspecified atom stereocenters. The Morgan fingerprint density at radius 1 is 1.29 bits per heavy atom. The number of nitrogens with zero attached hydrogens (tertiary/aromatic N) is 1. The van der Waals surface area contributed by atoms with Crippen molar-refractivity contribution in [3.63, 3.8) is 0 Å². The number of carboxylic acids is 1. The third-order valence-corrected chi connectivity index (χ3v) is 2.84. The quantitative estimate of drug-likeness (QED) is 0.838. The van der Waals surface area contributed by atoms with E-state index in [2.05, 4.69) is 9.72 Å². The summed E-state index contributed by atoms with van der Waals surface area (Å²) in [5.41, 5.74) is 5.62. The molecule has 0 radical (unpaired) electrons. The summed E-state index contributed by atoms with van der Waals surface area (Å²) in [6.07, 6.45) is 1.26. The molecule has 6 nitrogen and oxygen atoms in total. The van der Waals surface area contributed by atoms with E-state index in [1.807, 2.05) is 0 Å². The van der Waals surface area contributed by atoms with Crippen LogP contribution in [-0.2, 0) is 4.74 Å². The lowest BCUT2D eigenvalue weighted by Gasteiger charge is -2.09. The van der Waals surface area contributed by atoms with E-state index in [0.717, 1.165) is 13.2 Å². The molecule has 0 aliphatic rings. The summed E-state index contributed by atoms with van der Waals surface area (Å²) in [7, 11) is 1.13. The zero-order valence-electron chi connectivity index (χ0n) is 11.0. The maximum atomic E-state index is 13.6. The van der Waals surface area contributed by atoms with Crippen LogP contribution in [0, 0.1) is 5.82 Å². The van der Waals surface area contributed by atoms with Gasteiger partial charge in [0.05, 0.1) is 18.2 Å². The van der Waals surface area contributed by atoms with Crippen LogP contribution in [0.25, 0.3) is 11.1 Å². The maximum Gasteiger partial charge on any atom is 0.340 e. The molecule has 7 heteroatoms. The van der Waals surface area contributed by atoms with E-state index >= 15 is 0 Å². The second-order valence-electron chi connectivity index (χ2n) is 4.15. The third-order valence-electron chi connectivity index (χ3n) is 2.84. The summed E-state index contributed by atoms with van der Waals surface area (Å²) in [6, 6.07) is 4.81. The molecule has 0 atom stereocenters.